The summed E-state index contributed by atoms with van der Waals surface area (Å²) >= 11 is 0. The smallest absolute Gasteiger partial charge is 0.270 e. The first-order valence-corrected chi connectivity index (χ1v) is 7.02. The summed E-state index contributed by atoms with van der Waals surface area (Å²) in [7, 11) is 3.28. The van der Waals surface area contributed by atoms with Crippen molar-refractivity contribution in [2.45, 2.75) is 19.4 Å². The molecule has 7 heteroatoms. The number of ether oxygens (including phenoxy) is 2. The third kappa shape index (κ3) is 2.74. The summed E-state index contributed by atoms with van der Waals surface area (Å²) in [6, 6.07) is 5.60. The van der Waals surface area contributed by atoms with E-state index in [0.717, 1.165) is 11.3 Å². The third-order valence-corrected chi connectivity index (χ3v) is 3.66. The minimum Gasteiger partial charge on any atom is -0.454 e. The first-order chi connectivity index (χ1) is 10.5. The molecule has 0 spiro atoms. The van der Waals surface area contributed by atoms with E-state index < -0.39 is 0 Å². The minimum absolute atomic E-state index is 0.0741. The largest absolute Gasteiger partial charge is 0.454 e. The van der Waals surface area contributed by atoms with E-state index in [1.165, 1.54) is 5.01 Å². The highest BCUT2D eigenvalue weighted by atomic mass is 16.7. The average Bonchev–Trinajstić information content (AvgIpc) is 2.97. The Balaban J connectivity index is 1.69. The normalized spacial score (nSPS) is 16.5. The van der Waals surface area contributed by atoms with Gasteiger partial charge < -0.3 is 14.4 Å². The van der Waals surface area contributed by atoms with Crippen LogP contribution in [0.1, 0.15) is 18.4 Å². The van der Waals surface area contributed by atoms with Crippen molar-refractivity contribution in [1.29, 1.82) is 0 Å². The summed E-state index contributed by atoms with van der Waals surface area (Å²) in [6.45, 7) is 0.664. The van der Waals surface area contributed by atoms with Gasteiger partial charge in [0.2, 0.25) is 12.7 Å². The Morgan fingerprint density at radius 2 is 2.09 bits per heavy atom. The van der Waals surface area contributed by atoms with Crippen LogP contribution in [0.4, 0.5) is 0 Å². The minimum atomic E-state index is -0.169. The Morgan fingerprint density at radius 3 is 2.86 bits per heavy atom. The van der Waals surface area contributed by atoms with Gasteiger partial charge in [-0.3, -0.25) is 9.59 Å². The Labute approximate surface area is 128 Å². The highest BCUT2D eigenvalue weighted by Gasteiger charge is 2.24. The van der Waals surface area contributed by atoms with Crippen molar-refractivity contribution in [1.82, 2.24) is 9.91 Å². The molecule has 22 heavy (non-hydrogen) atoms. The Kier molecular flexibility index (Phi) is 3.70. The molecule has 1 aromatic carbocycles. The maximum Gasteiger partial charge on any atom is 0.270 e. The molecule has 2 heterocycles. The van der Waals surface area contributed by atoms with Crippen LogP contribution in [0, 0.1) is 0 Å². The fourth-order valence-corrected chi connectivity index (χ4v) is 2.43. The standard InChI is InChI=1S/C15H17N3O4/c1-17(15(20)11-4-6-14(19)18(2)16-11)8-10-3-5-12-13(7-10)22-9-21-12/h3,5,7H,4,6,8-9H2,1-2H3. The van der Waals surface area contributed by atoms with Crippen molar-refractivity contribution < 1.29 is 19.1 Å². The van der Waals surface area contributed by atoms with E-state index in [9.17, 15) is 9.59 Å². The van der Waals surface area contributed by atoms with Crippen molar-refractivity contribution in [3.63, 3.8) is 0 Å². The number of carbonyl (C=O) groups excluding carboxylic acids is 2. The number of nitrogens with zero attached hydrogens (tertiary/aromatic N) is 3. The molecule has 0 N–H and O–H groups in total. The Morgan fingerprint density at radius 1 is 1.32 bits per heavy atom. The van der Waals surface area contributed by atoms with Gasteiger partial charge in [-0.25, -0.2) is 5.01 Å². The molecule has 0 saturated carbocycles. The third-order valence-electron chi connectivity index (χ3n) is 3.66. The van der Waals surface area contributed by atoms with Gasteiger partial charge in [-0.2, -0.15) is 5.10 Å². The lowest BCUT2D eigenvalue weighted by Crippen LogP contribution is -2.38. The van der Waals surface area contributed by atoms with E-state index in [1.54, 1.807) is 19.0 Å². The first kappa shape index (κ1) is 14.4. The molecule has 0 aromatic heterocycles. The van der Waals surface area contributed by atoms with E-state index in [0.29, 0.717) is 30.8 Å². The average molecular weight is 303 g/mol. The predicted octanol–water partition coefficient (Wildman–Crippen LogP) is 0.982. The highest BCUT2D eigenvalue weighted by Crippen LogP contribution is 2.32. The second-order valence-corrected chi connectivity index (χ2v) is 5.31. The molecule has 3 rings (SSSR count). The van der Waals surface area contributed by atoms with Crippen molar-refractivity contribution in [3.8, 4) is 11.5 Å². The highest BCUT2D eigenvalue weighted by molar-refractivity contribution is 6.39. The number of hydrogen-bond acceptors (Lipinski definition) is 5. The summed E-state index contributed by atoms with van der Waals surface area (Å²) in [6.07, 6.45) is 0.701. The van der Waals surface area contributed by atoms with Gasteiger partial charge in [0.15, 0.2) is 11.5 Å². The van der Waals surface area contributed by atoms with Gasteiger partial charge >= 0.3 is 0 Å². The second-order valence-electron chi connectivity index (χ2n) is 5.31. The molecular formula is C15H17N3O4. The predicted molar refractivity (Wildman–Crippen MR) is 78.5 cm³/mol. The van der Waals surface area contributed by atoms with Crippen LogP contribution >= 0.6 is 0 Å². The van der Waals surface area contributed by atoms with Gasteiger partial charge in [0, 0.05) is 33.5 Å². The Hall–Kier alpha value is -2.57. The van der Waals surface area contributed by atoms with Crippen molar-refractivity contribution in [3.05, 3.63) is 23.8 Å². The SMILES string of the molecule is CN(Cc1ccc2c(c1)OCO2)C(=O)C1=NN(C)C(=O)CC1. The lowest BCUT2D eigenvalue weighted by atomic mass is 10.1. The zero-order valence-electron chi connectivity index (χ0n) is 12.5. The summed E-state index contributed by atoms with van der Waals surface area (Å²) in [4.78, 5) is 25.4. The molecule has 116 valence electrons. The molecule has 0 bridgehead atoms. The maximum absolute atomic E-state index is 12.4. The van der Waals surface area contributed by atoms with Crippen LogP contribution in [-0.4, -0.2) is 48.3 Å². The molecule has 0 radical (unpaired) electrons. The zero-order valence-corrected chi connectivity index (χ0v) is 12.5. The molecule has 2 aliphatic rings. The number of carbonyl (C=O) groups is 2. The van der Waals surface area contributed by atoms with Crippen LogP contribution in [0.25, 0.3) is 0 Å². The topological polar surface area (TPSA) is 71.4 Å². The van der Waals surface area contributed by atoms with Crippen molar-refractivity contribution in [2.75, 3.05) is 20.9 Å². The van der Waals surface area contributed by atoms with Gasteiger partial charge in [-0.15, -0.1) is 0 Å². The molecule has 2 amide bonds. The van der Waals surface area contributed by atoms with Gasteiger partial charge in [0.1, 0.15) is 5.71 Å². The van der Waals surface area contributed by atoms with E-state index >= 15 is 0 Å². The monoisotopic (exact) mass is 303 g/mol. The maximum atomic E-state index is 12.4. The van der Waals surface area contributed by atoms with E-state index in [1.807, 2.05) is 18.2 Å². The molecular weight excluding hydrogens is 286 g/mol. The second kappa shape index (κ2) is 5.67. The van der Waals surface area contributed by atoms with Crippen LogP contribution in [0.5, 0.6) is 11.5 Å². The molecule has 2 aliphatic heterocycles. The van der Waals surface area contributed by atoms with Crippen LogP contribution in [0.3, 0.4) is 0 Å². The number of fused-ring (bicyclic) bond motifs is 1. The van der Waals surface area contributed by atoms with E-state index in [4.69, 9.17) is 9.47 Å². The van der Waals surface area contributed by atoms with Gasteiger partial charge in [0.05, 0.1) is 0 Å². The fraction of sp³-hybridized carbons (Fsp3) is 0.400. The van der Waals surface area contributed by atoms with Gasteiger partial charge in [0.25, 0.3) is 5.91 Å². The van der Waals surface area contributed by atoms with Crippen LogP contribution in [-0.2, 0) is 16.1 Å². The molecule has 0 fully saturated rings. The van der Waals surface area contributed by atoms with Crippen LogP contribution in [0.2, 0.25) is 0 Å². The zero-order chi connectivity index (χ0) is 15.7. The Bertz CT molecular complexity index is 656. The lowest BCUT2D eigenvalue weighted by molar-refractivity contribution is -0.130. The first-order valence-electron chi connectivity index (χ1n) is 7.02. The summed E-state index contributed by atoms with van der Waals surface area (Å²) in [5.41, 5.74) is 1.35. The summed E-state index contributed by atoms with van der Waals surface area (Å²) < 4.78 is 10.6. The molecule has 0 atom stereocenters. The van der Waals surface area contributed by atoms with Crippen molar-refractivity contribution in [2.24, 2.45) is 5.10 Å². The molecule has 0 unspecified atom stereocenters. The molecule has 0 aliphatic carbocycles. The van der Waals surface area contributed by atoms with E-state index in [-0.39, 0.29) is 18.6 Å². The molecule has 7 nitrogen and oxygen atoms in total. The van der Waals surface area contributed by atoms with Crippen molar-refractivity contribution >= 4 is 17.5 Å². The number of amides is 2. The lowest BCUT2D eigenvalue weighted by Gasteiger charge is -2.23. The number of hydrogen-bond donors (Lipinski definition) is 0. The molecule has 0 saturated heterocycles. The van der Waals surface area contributed by atoms with E-state index in [2.05, 4.69) is 5.10 Å². The quantitative estimate of drug-likeness (QED) is 0.834. The summed E-state index contributed by atoms with van der Waals surface area (Å²) in [5, 5.41) is 5.28. The number of hydrazone groups is 1. The summed E-state index contributed by atoms with van der Waals surface area (Å²) in [5.74, 6) is 1.17. The number of benzene rings is 1. The van der Waals surface area contributed by atoms with Gasteiger partial charge in [-0.05, 0) is 17.7 Å². The molecule has 1 aromatic rings. The van der Waals surface area contributed by atoms with Crippen LogP contribution < -0.4 is 9.47 Å². The number of rotatable bonds is 3. The van der Waals surface area contributed by atoms with Crippen LogP contribution in [0.15, 0.2) is 23.3 Å². The fourth-order valence-electron chi connectivity index (χ4n) is 2.43. The van der Waals surface area contributed by atoms with Gasteiger partial charge in [-0.1, -0.05) is 6.07 Å².